The van der Waals surface area contributed by atoms with E-state index in [1.807, 2.05) is 85.8 Å². The van der Waals surface area contributed by atoms with Crippen molar-refractivity contribution in [2.45, 2.75) is 6.92 Å². The quantitative estimate of drug-likeness (QED) is 0.516. The van der Waals surface area contributed by atoms with Gasteiger partial charge in [-0.25, -0.2) is 0 Å². The Morgan fingerprint density at radius 1 is 0.778 bits per heavy atom. The number of aromatic nitrogens is 1. The number of hydrogen-bond acceptors (Lipinski definition) is 2. The van der Waals surface area contributed by atoms with Crippen molar-refractivity contribution in [2.24, 2.45) is 7.05 Å². The smallest absolute Gasteiger partial charge is 0.262 e. The van der Waals surface area contributed by atoms with Crippen LogP contribution in [0.2, 0.25) is 0 Å². The first kappa shape index (κ1) is 17.5. The molecule has 0 aliphatic rings. The van der Waals surface area contributed by atoms with Crippen LogP contribution >= 0.6 is 7.14 Å². The molecule has 0 N–H and O–H groups in total. The van der Waals surface area contributed by atoms with Crippen LogP contribution in [0.1, 0.15) is 5.56 Å². The molecule has 4 aromatic rings. The summed E-state index contributed by atoms with van der Waals surface area (Å²) in [4.78, 5) is 13.3. The molecule has 0 bridgehead atoms. The van der Waals surface area contributed by atoms with Crippen LogP contribution < -0.4 is 21.5 Å². The second-order valence-corrected chi connectivity index (χ2v) is 9.47. The molecule has 27 heavy (non-hydrogen) atoms. The molecule has 4 heteroatoms. The van der Waals surface area contributed by atoms with E-state index in [9.17, 15) is 9.36 Å². The Hall–Kier alpha value is -2.90. The lowest BCUT2D eigenvalue weighted by Crippen LogP contribution is -2.38. The zero-order chi connectivity index (χ0) is 19.0. The Bertz CT molecular complexity index is 1180. The summed E-state index contributed by atoms with van der Waals surface area (Å²) in [5.74, 6) is 0. The van der Waals surface area contributed by atoms with Gasteiger partial charge >= 0.3 is 0 Å². The van der Waals surface area contributed by atoms with E-state index in [-0.39, 0.29) is 5.56 Å². The fraction of sp³-hybridized carbons (Fsp3) is 0.0870. The number of benzene rings is 3. The molecule has 0 aliphatic heterocycles. The summed E-state index contributed by atoms with van der Waals surface area (Å²) < 4.78 is 16.1. The molecule has 3 nitrogen and oxygen atoms in total. The summed E-state index contributed by atoms with van der Waals surface area (Å²) in [6, 6.07) is 26.4. The lowest BCUT2D eigenvalue weighted by molar-refractivity contribution is 0.592. The summed E-state index contributed by atoms with van der Waals surface area (Å²) in [6.07, 6.45) is 0. The summed E-state index contributed by atoms with van der Waals surface area (Å²) in [6.45, 7) is 2.00. The van der Waals surface area contributed by atoms with E-state index < -0.39 is 7.14 Å². The molecule has 0 saturated carbocycles. The Morgan fingerprint density at radius 2 is 1.33 bits per heavy atom. The molecular weight excluding hydrogens is 353 g/mol. The molecule has 1 heterocycles. The minimum atomic E-state index is -3.29. The zero-order valence-electron chi connectivity index (χ0n) is 15.3. The second-order valence-electron chi connectivity index (χ2n) is 6.74. The van der Waals surface area contributed by atoms with Crippen molar-refractivity contribution in [3.05, 3.63) is 101 Å². The number of fused-ring (bicyclic) bond motifs is 1. The highest BCUT2D eigenvalue weighted by molar-refractivity contribution is 7.85. The van der Waals surface area contributed by atoms with Gasteiger partial charge in [-0.05, 0) is 30.0 Å². The highest BCUT2D eigenvalue weighted by Crippen LogP contribution is 2.41. The third kappa shape index (κ3) is 2.85. The molecule has 0 aliphatic carbocycles. The maximum atomic E-state index is 14.5. The van der Waals surface area contributed by atoms with Crippen molar-refractivity contribution in [3.63, 3.8) is 0 Å². The molecule has 3 aromatic carbocycles. The van der Waals surface area contributed by atoms with E-state index >= 15 is 0 Å². The first-order chi connectivity index (χ1) is 13.0. The van der Waals surface area contributed by atoms with E-state index in [0.717, 1.165) is 16.5 Å². The Morgan fingerprint density at radius 3 is 1.89 bits per heavy atom. The average molecular weight is 373 g/mol. The molecule has 4 rings (SSSR count). The summed E-state index contributed by atoms with van der Waals surface area (Å²) in [5.41, 5.74) is 1.71. The van der Waals surface area contributed by atoms with Gasteiger partial charge in [-0.3, -0.25) is 4.79 Å². The highest BCUT2D eigenvalue weighted by Gasteiger charge is 2.33. The zero-order valence-corrected chi connectivity index (χ0v) is 16.2. The minimum Gasteiger partial charge on any atom is -0.311 e. The molecule has 0 unspecified atom stereocenters. The molecule has 0 atom stereocenters. The third-order valence-electron chi connectivity index (χ3n) is 4.94. The van der Waals surface area contributed by atoms with Crippen molar-refractivity contribution in [2.75, 3.05) is 0 Å². The minimum absolute atomic E-state index is 0.218. The first-order valence-corrected chi connectivity index (χ1v) is 10.5. The SMILES string of the molecule is Cc1ccc2cc(P(=O)(c3ccccc3)c3ccccc3)c(=O)n(C)c2c1. The van der Waals surface area contributed by atoms with Gasteiger partial charge in [-0.15, -0.1) is 0 Å². The molecule has 0 fully saturated rings. The van der Waals surface area contributed by atoms with Gasteiger partial charge in [0.1, 0.15) is 0 Å². The first-order valence-electron chi connectivity index (χ1n) is 8.84. The van der Waals surface area contributed by atoms with Crippen LogP contribution in [0.25, 0.3) is 10.9 Å². The van der Waals surface area contributed by atoms with Crippen LogP contribution in [0.15, 0.2) is 89.7 Å². The Kier molecular flexibility index (Phi) is 4.33. The van der Waals surface area contributed by atoms with Gasteiger partial charge < -0.3 is 9.13 Å². The number of hydrogen-bond donors (Lipinski definition) is 0. The maximum absolute atomic E-state index is 14.5. The predicted molar refractivity (Wildman–Crippen MR) is 113 cm³/mol. The van der Waals surface area contributed by atoms with Crippen LogP contribution in [0.5, 0.6) is 0 Å². The van der Waals surface area contributed by atoms with Crippen molar-refractivity contribution in [1.29, 1.82) is 0 Å². The molecule has 0 amide bonds. The van der Waals surface area contributed by atoms with Crippen LogP contribution in [0, 0.1) is 6.92 Å². The van der Waals surface area contributed by atoms with Crippen molar-refractivity contribution in [3.8, 4) is 0 Å². The molecule has 0 radical (unpaired) electrons. The fourth-order valence-electron chi connectivity index (χ4n) is 3.49. The van der Waals surface area contributed by atoms with Gasteiger partial charge in [-0.1, -0.05) is 72.8 Å². The number of aryl methyl sites for hydroxylation is 2. The normalized spacial score (nSPS) is 11.6. The lowest BCUT2D eigenvalue weighted by Gasteiger charge is -2.20. The van der Waals surface area contributed by atoms with E-state index in [2.05, 4.69) is 0 Å². The molecule has 1 aromatic heterocycles. The van der Waals surface area contributed by atoms with Gasteiger partial charge in [0.25, 0.3) is 5.56 Å². The number of rotatable bonds is 3. The summed E-state index contributed by atoms with van der Waals surface area (Å²) >= 11 is 0. The monoisotopic (exact) mass is 373 g/mol. The van der Waals surface area contributed by atoms with Crippen LogP contribution in [0.4, 0.5) is 0 Å². The Labute approximate surface area is 158 Å². The van der Waals surface area contributed by atoms with Gasteiger partial charge in [0, 0.05) is 17.7 Å². The standard InChI is InChI=1S/C23H20NO2P/c1-17-13-14-18-16-22(23(25)24(2)21(18)15-17)27(26,19-9-5-3-6-10-19)20-11-7-4-8-12-20/h3-16H,1-2H3. The van der Waals surface area contributed by atoms with E-state index in [1.54, 1.807) is 17.7 Å². The third-order valence-corrected chi connectivity index (χ3v) is 7.99. The molecular formula is C23H20NO2P. The van der Waals surface area contributed by atoms with Gasteiger partial charge in [0.05, 0.1) is 10.8 Å². The maximum Gasteiger partial charge on any atom is 0.262 e. The van der Waals surface area contributed by atoms with E-state index in [1.165, 1.54) is 0 Å². The number of pyridine rings is 1. The average Bonchev–Trinajstić information content (AvgIpc) is 2.72. The van der Waals surface area contributed by atoms with E-state index in [0.29, 0.717) is 15.9 Å². The topological polar surface area (TPSA) is 39.1 Å². The van der Waals surface area contributed by atoms with Crippen molar-refractivity contribution in [1.82, 2.24) is 4.57 Å². The van der Waals surface area contributed by atoms with Crippen LogP contribution in [-0.2, 0) is 11.6 Å². The van der Waals surface area contributed by atoms with Crippen molar-refractivity contribution >= 4 is 34.0 Å². The summed E-state index contributed by atoms with van der Waals surface area (Å²) in [5, 5.41) is 2.59. The van der Waals surface area contributed by atoms with Crippen LogP contribution in [0.3, 0.4) is 0 Å². The lowest BCUT2D eigenvalue weighted by atomic mass is 10.1. The second kappa shape index (κ2) is 6.68. The molecule has 134 valence electrons. The fourth-order valence-corrected chi connectivity index (χ4v) is 6.26. The largest absolute Gasteiger partial charge is 0.311 e. The highest BCUT2D eigenvalue weighted by atomic mass is 31.2. The molecule has 0 spiro atoms. The number of nitrogens with zero attached hydrogens (tertiary/aromatic N) is 1. The van der Waals surface area contributed by atoms with Gasteiger partial charge in [0.2, 0.25) is 0 Å². The van der Waals surface area contributed by atoms with Gasteiger partial charge in [-0.2, -0.15) is 0 Å². The van der Waals surface area contributed by atoms with Crippen LogP contribution in [-0.4, -0.2) is 4.57 Å². The van der Waals surface area contributed by atoms with Gasteiger partial charge in [0.15, 0.2) is 7.14 Å². The summed E-state index contributed by atoms with van der Waals surface area (Å²) in [7, 11) is -1.55. The predicted octanol–water partition coefficient (Wildman–Crippen LogP) is 3.49. The van der Waals surface area contributed by atoms with Crippen molar-refractivity contribution < 1.29 is 4.57 Å². The molecule has 0 saturated heterocycles. The Balaban J connectivity index is 2.11. The van der Waals surface area contributed by atoms with E-state index in [4.69, 9.17) is 0 Å².